The second-order valence-corrected chi connectivity index (χ2v) is 9.37. The van der Waals surface area contributed by atoms with Crippen molar-refractivity contribution >= 4 is 28.1 Å². The molecule has 0 radical (unpaired) electrons. The summed E-state index contributed by atoms with van der Waals surface area (Å²) in [7, 11) is 1.54. The maximum Gasteiger partial charge on any atom is 0.271 e. The lowest BCUT2D eigenvalue weighted by Gasteiger charge is -2.14. The van der Waals surface area contributed by atoms with E-state index in [4.69, 9.17) is 18.9 Å². The fourth-order valence-electron chi connectivity index (χ4n) is 3.66. The van der Waals surface area contributed by atoms with Gasteiger partial charge in [0.05, 0.1) is 31.0 Å². The van der Waals surface area contributed by atoms with E-state index in [9.17, 15) is 4.79 Å². The monoisotopic (exact) mass is 582 g/mol. The first-order chi connectivity index (χ1) is 18.5. The smallest absolute Gasteiger partial charge is 0.271 e. The maximum atomic E-state index is 12.7. The van der Waals surface area contributed by atoms with Crippen molar-refractivity contribution in [1.82, 2.24) is 5.43 Å². The molecular formula is C30H35BrN2O5. The second kappa shape index (κ2) is 15.7. The van der Waals surface area contributed by atoms with Crippen LogP contribution in [-0.2, 0) is 6.61 Å². The van der Waals surface area contributed by atoms with Gasteiger partial charge in [0.1, 0.15) is 6.61 Å². The number of ether oxygens (including phenoxy) is 4. The molecule has 7 nitrogen and oxygen atoms in total. The Bertz CT molecular complexity index is 1200. The molecule has 0 aliphatic rings. The maximum absolute atomic E-state index is 12.7. The summed E-state index contributed by atoms with van der Waals surface area (Å²) in [6.07, 6.45) is 6.07. The van der Waals surface area contributed by atoms with Crippen molar-refractivity contribution in [2.24, 2.45) is 5.10 Å². The second-order valence-electron chi connectivity index (χ2n) is 8.51. The third-order valence-electron chi connectivity index (χ3n) is 5.62. The molecule has 0 fully saturated rings. The zero-order valence-electron chi connectivity index (χ0n) is 22.2. The Morgan fingerprint density at radius 2 is 1.74 bits per heavy atom. The first-order valence-corrected chi connectivity index (χ1v) is 13.6. The molecule has 1 amide bonds. The van der Waals surface area contributed by atoms with Crippen LogP contribution in [-0.4, -0.2) is 32.4 Å². The number of hydrazone groups is 1. The van der Waals surface area contributed by atoms with E-state index in [1.54, 1.807) is 24.4 Å². The van der Waals surface area contributed by atoms with Crippen LogP contribution in [0.25, 0.3) is 0 Å². The topological polar surface area (TPSA) is 78.4 Å². The van der Waals surface area contributed by atoms with Gasteiger partial charge < -0.3 is 18.9 Å². The molecule has 0 bridgehead atoms. The summed E-state index contributed by atoms with van der Waals surface area (Å²) in [6.45, 7) is 5.63. The van der Waals surface area contributed by atoms with Gasteiger partial charge >= 0.3 is 0 Å². The van der Waals surface area contributed by atoms with E-state index in [-0.39, 0.29) is 5.91 Å². The summed E-state index contributed by atoms with van der Waals surface area (Å²) in [4.78, 5) is 12.7. The lowest BCUT2D eigenvalue weighted by Crippen LogP contribution is -2.17. The third-order valence-corrected chi connectivity index (χ3v) is 6.21. The third kappa shape index (κ3) is 8.80. The minimum absolute atomic E-state index is 0.370. The number of methoxy groups -OCH3 is 1. The highest BCUT2D eigenvalue weighted by Crippen LogP contribution is 2.37. The minimum atomic E-state index is -0.370. The molecule has 0 aliphatic carbocycles. The van der Waals surface area contributed by atoms with Gasteiger partial charge in [0.25, 0.3) is 5.91 Å². The standard InChI is InChI=1S/C30H35BrN2O5/c1-4-6-7-11-16-37-29-25(31)17-23(18-28(29)36-5-2)20-32-33-30(34)24-14-15-26(27(19-24)35-3)38-21-22-12-9-8-10-13-22/h8-10,12-15,17-20H,4-7,11,16,21H2,1-3H3,(H,33,34)/b32-20+. The van der Waals surface area contributed by atoms with E-state index in [1.807, 2.05) is 49.4 Å². The number of rotatable bonds is 15. The molecule has 3 rings (SSSR count). The van der Waals surface area contributed by atoms with Gasteiger partial charge in [-0.05, 0) is 70.7 Å². The van der Waals surface area contributed by atoms with E-state index >= 15 is 0 Å². The highest BCUT2D eigenvalue weighted by atomic mass is 79.9. The van der Waals surface area contributed by atoms with Crippen LogP contribution < -0.4 is 24.4 Å². The number of nitrogens with zero attached hydrogens (tertiary/aromatic N) is 1. The number of nitrogens with one attached hydrogen (secondary N) is 1. The van der Waals surface area contributed by atoms with Gasteiger partial charge in [-0.3, -0.25) is 4.79 Å². The Labute approximate surface area is 233 Å². The molecule has 0 aliphatic heterocycles. The van der Waals surface area contributed by atoms with Gasteiger partial charge in [0.15, 0.2) is 23.0 Å². The van der Waals surface area contributed by atoms with Crippen molar-refractivity contribution in [3.8, 4) is 23.0 Å². The highest BCUT2D eigenvalue weighted by molar-refractivity contribution is 9.10. The van der Waals surface area contributed by atoms with Crippen molar-refractivity contribution in [2.75, 3.05) is 20.3 Å². The Morgan fingerprint density at radius 1 is 0.921 bits per heavy atom. The molecule has 0 saturated carbocycles. The van der Waals surface area contributed by atoms with Gasteiger partial charge in [-0.2, -0.15) is 5.10 Å². The summed E-state index contributed by atoms with van der Waals surface area (Å²) in [5, 5.41) is 4.13. The molecule has 0 aromatic heterocycles. The summed E-state index contributed by atoms with van der Waals surface area (Å²) < 4.78 is 23.8. The molecule has 0 heterocycles. The lowest BCUT2D eigenvalue weighted by molar-refractivity contribution is 0.0954. The van der Waals surface area contributed by atoms with E-state index in [1.165, 1.54) is 20.0 Å². The lowest BCUT2D eigenvalue weighted by atomic mass is 10.2. The van der Waals surface area contributed by atoms with Crippen LogP contribution in [0.3, 0.4) is 0 Å². The predicted molar refractivity (Wildman–Crippen MR) is 154 cm³/mol. The molecule has 0 unspecified atom stereocenters. The van der Waals surface area contributed by atoms with Crippen molar-refractivity contribution in [1.29, 1.82) is 0 Å². The molecule has 202 valence electrons. The number of unbranched alkanes of at least 4 members (excludes halogenated alkanes) is 3. The van der Waals surface area contributed by atoms with Crippen LogP contribution in [0.4, 0.5) is 0 Å². The van der Waals surface area contributed by atoms with Crippen LogP contribution in [0.15, 0.2) is 70.2 Å². The predicted octanol–water partition coefficient (Wildman–Crippen LogP) is 7.16. The highest BCUT2D eigenvalue weighted by Gasteiger charge is 2.13. The van der Waals surface area contributed by atoms with Gasteiger partial charge in [-0.1, -0.05) is 56.5 Å². The molecule has 8 heteroatoms. The summed E-state index contributed by atoms with van der Waals surface area (Å²) >= 11 is 3.58. The van der Waals surface area contributed by atoms with Gasteiger partial charge in [-0.15, -0.1) is 0 Å². The number of hydrogen-bond acceptors (Lipinski definition) is 6. The first kappa shape index (κ1) is 29.0. The fourth-order valence-corrected chi connectivity index (χ4v) is 4.24. The number of halogens is 1. The minimum Gasteiger partial charge on any atom is -0.493 e. The van der Waals surface area contributed by atoms with Crippen molar-refractivity contribution < 1.29 is 23.7 Å². The fraction of sp³-hybridized carbons (Fsp3) is 0.333. The number of carbonyl (C=O) groups is 1. The summed E-state index contributed by atoms with van der Waals surface area (Å²) in [5.74, 6) is 1.95. The Balaban J connectivity index is 1.62. The molecule has 0 spiro atoms. The Morgan fingerprint density at radius 3 is 2.47 bits per heavy atom. The molecule has 38 heavy (non-hydrogen) atoms. The molecule has 0 saturated heterocycles. The quantitative estimate of drug-likeness (QED) is 0.117. The molecule has 1 N–H and O–H groups in total. The number of carbonyl (C=O) groups excluding carboxylic acids is 1. The van der Waals surface area contributed by atoms with Crippen molar-refractivity contribution in [2.45, 2.75) is 46.1 Å². The zero-order chi connectivity index (χ0) is 27.2. The molecule has 3 aromatic carbocycles. The summed E-state index contributed by atoms with van der Waals surface area (Å²) in [5.41, 5.74) is 4.75. The molecule has 0 atom stereocenters. The SMILES string of the molecule is CCCCCCOc1c(Br)cc(/C=N/NC(=O)c2ccc(OCc3ccccc3)c(OC)c2)cc1OCC. The van der Waals surface area contributed by atoms with E-state index in [2.05, 4.69) is 33.4 Å². The van der Waals surface area contributed by atoms with Crippen LogP contribution in [0.2, 0.25) is 0 Å². The van der Waals surface area contributed by atoms with Crippen LogP contribution in [0.1, 0.15) is 61.0 Å². The molecular weight excluding hydrogens is 548 g/mol. The first-order valence-electron chi connectivity index (χ1n) is 12.8. The average molecular weight is 584 g/mol. The van der Waals surface area contributed by atoms with E-state index < -0.39 is 0 Å². The molecule has 3 aromatic rings. The number of benzene rings is 3. The van der Waals surface area contributed by atoms with E-state index in [0.29, 0.717) is 48.4 Å². The Hall–Kier alpha value is -3.52. The number of hydrogen-bond donors (Lipinski definition) is 1. The largest absolute Gasteiger partial charge is 0.493 e. The van der Waals surface area contributed by atoms with Gasteiger partial charge in [-0.25, -0.2) is 5.43 Å². The van der Waals surface area contributed by atoms with Gasteiger partial charge in [0, 0.05) is 5.56 Å². The van der Waals surface area contributed by atoms with Gasteiger partial charge in [0.2, 0.25) is 0 Å². The van der Waals surface area contributed by atoms with Crippen molar-refractivity contribution in [3.05, 3.63) is 81.8 Å². The van der Waals surface area contributed by atoms with Crippen molar-refractivity contribution in [3.63, 3.8) is 0 Å². The van der Waals surface area contributed by atoms with Crippen LogP contribution in [0, 0.1) is 0 Å². The average Bonchev–Trinajstić information content (AvgIpc) is 2.93. The Kier molecular flexibility index (Phi) is 12.0. The van der Waals surface area contributed by atoms with Crippen LogP contribution in [0.5, 0.6) is 23.0 Å². The number of amides is 1. The van der Waals surface area contributed by atoms with E-state index in [0.717, 1.165) is 28.4 Å². The van der Waals surface area contributed by atoms with Crippen LogP contribution >= 0.6 is 15.9 Å². The summed E-state index contributed by atoms with van der Waals surface area (Å²) in [6, 6.07) is 18.6. The normalized spacial score (nSPS) is 10.8. The zero-order valence-corrected chi connectivity index (χ0v) is 23.8.